The maximum Gasteiger partial charge on any atom is 0.226 e. The average molecular weight is 173 g/mol. The van der Waals surface area contributed by atoms with Gasteiger partial charge in [-0.25, -0.2) is 0 Å². The minimum atomic E-state index is -0.669. The van der Waals surface area contributed by atoms with Crippen LogP contribution in [0, 0.1) is 0 Å². The molecule has 0 spiro atoms. The number of β-lactam (4-membered cyclic amide) rings is 1. The highest BCUT2D eigenvalue weighted by Crippen LogP contribution is 2.37. The van der Waals surface area contributed by atoms with E-state index < -0.39 is 5.60 Å². The van der Waals surface area contributed by atoms with Gasteiger partial charge in [-0.1, -0.05) is 0 Å². The van der Waals surface area contributed by atoms with Gasteiger partial charge in [0.05, 0.1) is 23.9 Å². The number of amides is 1. The SMILES string of the molecule is CC1(O)CS[C@H]2CC(=O)N2C1. The monoisotopic (exact) mass is 173 g/mol. The summed E-state index contributed by atoms with van der Waals surface area (Å²) in [7, 11) is 0. The van der Waals surface area contributed by atoms with Crippen LogP contribution in [0.25, 0.3) is 0 Å². The van der Waals surface area contributed by atoms with Crippen molar-refractivity contribution in [3.05, 3.63) is 0 Å². The predicted molar refractivity (Wildman–Crippen MR) is 43.2 cm³/mol. The van der Waals surface area contributed by atoms with E-state index in [1.54, 1.807) is 23.6 Å². The van der Waals surface area contributed by atoms with Gasteiger partial charge in [0.15, 0.2) is 0 Å². The van der Waals surface area contributed by atoms with Gasteiger partial charge in [0, 0.05) is 5.75 Å². The lowest BCUT2D eigenvalue weighted by Crippen LogP contribution is -2.60. The molecule has 2 aliphatic heterocycles. The van der Waals surface area contributed by atoms with Gasteiger partial charge in [0.2, 0.25) is 5.91 Å². The maximum atomic E-state index is 11.0. The van der Waals surface area contributed by atoms with Crippen LogP contribution in [0.1, 0.15) is 13.3 Å². The average Bonchev–Trinajstić information content (AvgIpc) is 1.92. The number of hydrogen-bond acceptors (Lipinski definition) is 3. The summed E-state index contributed by atoms with van der Waals surface area (Å²) in [6.45, 7) is 2.30. The summed E-state index contributed by atoms with van der Waals surface area (Å²) in [5, 5.41) is 9.96. The van der Waals surface area contributed by atoms with Crippen molar-refractivity contribution >= 4 is 17.7 Å². The molecule has 0 radical (unpaired) electrons. The second-order valence-corrected chi connectivity index (χ2v) is 4.65. The summed E-state index contributed by atoms with van der Waals surface area (Å²) in [5.41, 5.74) is -0.669. The molecular formula is C7H11NO2S. The van der Waals surface area contributed by atoms with Crippen molar-refractivity contribution in [2.45, 2.75) is 24.3 Å². The minimum Gasteiger partial charge on any atom is -0.387 e. The van der Waals surface area contributed by atoms with Crippen LogP contribution < -0.4 is 0 Å². The lowest BCUT2D eigenvalue weighted by molar-refractivity contribution is -0.146. The molecule has 4 heteroatoms. The van der Waals surface area contributed by atoms with Crippen LogP contribution in [-0.4, -0.2) is 39.2 Å². The van der Waals surface area contributed by atoms with Crippen molar-refractivity contribution in [3.63, 3.8) is 0 Å². The first-order valence-electron chi connectivity index (χ1n) is 3.72. The first-order valence-corrected chi connectivity index (χ1v) is 4.77. The summed E-state index contributed by atoms with van der Waals surface area (Å²) in [4.78, 5) is 12.7. The Morgan fingerprint density at radius 3 is 3.09 bits per heavy atom. The first-order chi connectivity index (χ1) is 5.08. The summed E-state index contributed by atoms with van der Waals surface area (Å²) in [5.74, 6) is 0.934. The second kappa shape index (κ2) is 2.14. The van der Waals surface area contributed by atoms with Crippen molar-refractivity contribution in [1.82, 2.24) is 4.90 Å². The van der Waals surface area contributed by atoms with Gasteiger partial charge >= 0.3 is 0 Å². The Bertz CT molecular complexity index is 205. The van der Waals surface area contributed by atoms with E-state index in [-0.39, 0.29) is 5.91 Å². The number of carbonyl (C=O) groups excluding carboxylic acids is 1. The third-order valence-corrected chi connectivity index (χ3v) is 3.71. The van der Waals surface area contributed by atoms with Crippen molar-refractivity contribution in [2.24, 2.45) is 0 Å². The number of carbonyl (C=O) groups is 1. The van der Waals surface area contributed by atoms with E-state index in [1.165, 1.54) is 0 Å². The zero-order valence-electron chi connectivity index (χ0n) is 6.41. The Balaban J connectivity index is 2.06. The molecule has 1 unspecified atom stereocenters. The second-order valence-electron chi connectivity index (χ2n) is 3.49. The fourth-order valence-electron chi connectivity index (χ4n) is 1.45. The Morgan fingerprint density at radius 2 is 2.55 bits per heavy atom. The largest absolute Gasteiger partial charge is 0.387 e. The highest BCUT2D eigenvalue weighted by Gasteiger charge is 2.44. The summed E-state index contributed by atoms with van der Waals surface area (Å²) < 4.78 is 0. The van der Waals surface area contributed by atoms with Gasteiger partial charge in [-0.2, -0.15) is 0 Å². The van der Waals surface area contributed by atoms with E-state index >= 15 is 0 Å². The quantitative estimate of drug-likeness (QED) is 0.526. The number of rotatable bonds is 0. The van der Waals surface area contributed by atoms with Crippen molar-refractivity contribution in [2.75, 3.05) is 12.3 Å². The summed E-state index contributed by atoms with van der Waals surface area (Å²) >= 11 is 1.68. The molecule has 11 heavy (non-hydrogen) atoms. The maximum absolute atomic E-state index is 11.0. The lowest BCUT2D eigenvalue weighted by Gasteiger charge is -2.48. The molecule has 2 atom stereocenters. The van der Waals surface area contributed by atoms with E-state index in [0.29, 0.717) is 18.3 Å². The topological polar surface area (TPSA) is 40.5 Å². The zero-order valence-corrected chi connectivity index (χ0v) is 7.23. The highest BCUT2D eigenvalue weighted by atomic mass is 32.2. The van der Waals surface area contributed by atoms with Crippen LogP contribution >= 0.6 is 11.8 Å². The highest BCUT2D eigenvalue weighted by molar-refractivity contribution is 8.00. The van der Waals surface area contributed by atoms with Gasteiger partial charge in [0.25, 0.3) is 0 Å². The van der Waals surface area contributed by atoms with E-state index in [2.05, 4.69) is 0 Å². The van der Waals surface area contributed by atoms with Crippen molar-refractivity contribution in [3.8, 4) is 0 Å². The number of hydrogen-bond donors (Lipinski definition) is 1. The molecular weight excluding hydrogens is 162 g/mol. The molecule has 0 bridgehead atoms. The fraction of sp³-hybridized carbons (Fsp3) is 0.857. The van der Waals surface area contributed by atoms with E-state index in [1.807, 2.05) is 0 Å². The molecule has 1 amide bonds. The van der Waals surface area contributed by atoms with Crippen LogP contribution in [0.2, 0.25) is 0 Å². The van der Waals surface area contributed by atoms with Crippen molar-refractivity contribution in [1.29, 1.82) is 0 Å². The molecule has 2 saturated heterocycles. The lowest BCUT2D eigenvalue weighted by atomic mass is 10.1. The summed E-state index contributed by atoms with van der Waals surface area (Å²) in [6.07, 6.45) is 0.667. The Morgan fingerprint density at radius 1 is 1.82 bits per heavy atom. The smallest absolute Gasteiger partial charge is 0.226 e. The molecule has 62 valence electrons. The number of thioether (sulfide) groups is 1. The van der Waals surface area contributed by atoms with Crippen molar-refractivity contribution < 1.29 is 9.90 Å². The number of nitrogens with zero attached hydrogens (tertiary/aromatic N) is 1. The van der Waals surface area contributed by atoms with E-state index in [4.69, 9.17) is 0 Å². The van der Waals surface area contributed by atoms with Crippen LogP contribution in [0.4, 0.5) is 0 Å². The number of fused-ring (bicyclic) bond motifs is 1. The molecule has 2 rings (SSSR count). The zero-order chi connectivity index (χ0) is 8.06. The van der Waals surface area contributed by atoms with Gasteiger partial charge in [-0.05, 0) is 6.92 Å². The Kier molecular flexibility index (Phi) is 1.44. The molecule has 0 aromatic carbocycles. The molecule has 2 heterocycles. The normalized spacial score (nSPS) is 43.3. The van der Waals surface area contributed by atoms with Gasteiger partial charge in [0.1, 0.15) is 0 Å². The third kappa shape index (κ3) is 1.14. The van der Waals surface area contributed by atoms with Gasteiger partial charge in [-0.3, -0.25) is 4.79 Å². The molecule has 0 saturated carbocycles. The van der Waals surface area contributed by atoms with Gasteiger partial charge in [-0.15, -0.1) is 11.8 Å². The molecule has 1 N–H and O–H groups in total. The molecule has 3 nitrogen and oxygen atoms in total. The number of aliphatic hydroxyl groups is 1. The van der Waals surface area contributed by atoms with Gasteiger partial charge < -0.3 is 10.0 Å². The molecule has 0 aromatic rings. The molecule has 2 aliphatic rings. The molecule has 0 aromatic heterocycles. The van der Waals surface area contributed by atoms with E-state index in [0.717, 1.165) is 5.75 Å². The third-order valence-electron chi connectivity index (χ3n) is 2.11. The van der Waals surface area contributed by atoms with Crippen LogP contribution in [0.3, 0.4) is 0 Å². The first kappa shape index (κ1) is 7.43. The van der Waals surface area contributed by atoms with E-state index in [9.17, 15) is 9.90 Å². The molecule has 0 aliphatic carbocycles. The minimum absolute atomic E-state index is 0.183. The fourth-order valence-corrected chi connectivity index (χ4v) is 2.73. The Hall–Kier alpha value is -0.220. The molecule has 2 fully saturated rings. The summed E-state index contributed by atoms with van der Waals surface area (Å²) in [6, 6.07) is 0. The Labute approximate surface area is 69.8 Å². The standard InChI is InChI=1S/C7H11NO2S/c1-7(10)3-8-5(9)2-6(8)11-4-7/h6,10H,2-4H2,1H3/t6-,7?/m0/s1. The van der Waals surface area contributed by atoms with Crippen LogP contribution in [-0.2, 0) is 4.79 Å². The van der Waals surface area contributed by atoms with Crippen LogP contribution in [0.5, 0.6) is 0 Å². The van der Waals surface area contributed by atoms with Crippen LogP contribution in [0.15, 0.2) is 0 Å². The predicted octanol–water partition coefficient (Wildman–Crippen LogP) is 0.0426.